The van der Waals surface area contributed by atoms with Crippen LogP contribution in [0, 0.1) is 0 Å². The predicted molar refractivity (Wildman–Crippen MR) is 96.8 cm³/mol. The van der Waals surface area contributed by atoms with Gasteiger partial charge in [-0.05, 0) is 45.3 Å². The first-order chi connectivity index (χ1) is 11.6. The summed E-state index contributed by atoms with van der Waals surface area (Å²) >= 11 is 0. The van der Waals surface area contributed by atoms with Crippen LogP contribution >= 0.6 is 0 Å². The Morgan fingerprint density at radius 3 is 2.79 bits per heavy atom. The number of methoxy groups -OCH3 is 1. The molecule has 0 fully saturated rings. The molecule has 6 heteroatoms. The molecule has 0 saturated carbocycles. The van der Waals surface area contributed by atoms with Crippen LogP contribution in [0.25, 0.3) is 0 Å². The topological polar surface area (TPSA) is 66.5 Å². The van der Waals surface area contributed by atoms with E-state index in [0.717, 1.165) is 25.2 Å². The highest BCUT2D eigenvalue weighted by Gasteiger charge is 2.10. The lowest BCUT2D eigenvalue weighted by molar-refractivity contribution is 0.102. The molecule has 0 aliphatic carbocycles. The minimum absolute atomic E-state index is 0.219. The first-order valence-electron chi connectivity index (χ1n) is 7.88. The second-order valence-corrected chi connectivity index (χ2v) is 5.70. The van der Waals surface area contributed by atoms with E-state index in [4.69, 9.17) is 4.74 Å². The number of aromatic nitrogens is 1. The van der Waals surface area contributed by atoms with E-state index in [0.29, 0.717) is 17.0 Å². The highest BCUT2D eigenvalue weighted by molar-refractivity contribution is 6.05. The van der Waals surface area contributed by atoms with Gasteiger partial charge in [0.15, 0.2) is 0 Å². The molecule has 0 aliphatic heterocycles. The van der Waals surface area contributed by atoms with Gasteiger partial charge in [-0.3, -0.25) is 9.78 Å². The summed E-state index contributed by atoms with van der Waals surface area (Å²) in [4.78, 5) is 18.7. The van der Waals surface area contributed by atoms with Gasteiger partial charge in [0, 0.05) is 18.9 Å². The van der Waals surface area contributed by atoms with Crippen molar-refractivity contribution in [2.45, 2.75) is 6.42 Å². The Morgan fingerprint density at radius 1 is 1.25 bits per heavy atom. The van der Waals surface area contributed by atoms with Gasteiger partial charge in [-0.1, -0.05) is 12.1 Å². The molecule has 0 aliphatic rings. The number of anilines is 2. The summed E-state index contributed by atoms with van der Waals surface area (Å²) < 4.78 is 5.24. The second-order valence-electron chi connectivity index (χ2n) is 5.70. The zero-order valence-corrected chi connectivity index (χ0v) is 14.4. The van der Waals surface area contributed by atoms with Gasteiger partial charge in [-0.15, -0.1) is 0 Å². The Labute approximate surface area is 142 Å². The molecule has 0 radical (unpaired) electrons. The summed E-state index contributed by atoms with van der Waals surface area (Å²) in [5.74, 6) is 0.403. The molecule has 2 aromatic rings. The molecule has 0 spiro atoms. The van der Waals surface area contributed by atoms with Crippen LogP contribution in [0.1, 0.15) is 16.8 Å². The van der Waals surface area contributed by atoms with Gasteiger partial charge in [0.05, 0.1) is 24.0 Å². The summed E-state index contributed by atoms with van der Waals surface area (Å²) in [6, 6.07) is 9.10. The Balaban J connectivity index is 1.98. The number of carbonyl (C=O) groups excluding carboxylic acids is 1. The van der Waals surface area contributed by atoms with E-state index in [1.54, 1.807) is 37.7 Å². The summed E-state index contributed by atoms with van der Waals surface area (Å²) in [5.41, 5.74) is 1.97. The van der Waals surface area contributed by atoms with Gasteiger partial charge in [0.2, 0.25) is 0 Å². The molecular weight excluding hydrogens is 304 g/mol. The van der Waals surface area contributed by atoms with E-state index in [2.05, 4.69) is 20.5 Å². The van der Waals surface area contributed by atoms with Crippen LogP contribution in [0.15, 0.2) is 42.7 Å². The third-order valence-electron chi connectivity index (χ3n) is 3.47. The largest absolute Gasteiger partial charge is 0.495 e. The number of para-hydroxylation sites is 2. The number of hydrogen-bond donors (Lipinski definition) is 2. The zero-order valence-electron chi connectivity index (χ0n) is 14.4. The summed E-state index contributed by atoms with van der Waals surface area (Å²) in [6.07, 6.45) is 4.29. The molecule has 1 heterocycles. The Bertz CT molecular complexity index is 674. The maximum atomic E-state index is 12.4. The van der Waals surface area contributed by atoms with Gasteiger partial charge in [0.1, 0.15) is 5.75 Å². The average Bonchev–Trinajstić information content (AvgIpc) is 2.59. The molecule has 1 amide bonds. The number of amides is 1. The fourth-order valence-corrected chi connectivity index (χ4v) is 2.23. The lowest BCUT2D eigenvalue weighted by Crippen LogP contribution is -2.17. The van der Waals surface area contributed by atoms with Crippen molar-refractivity contribution >= 4 is 17.3 Å². The van der Waals surface area contributed by atoms with Crippen LogP contribution in [0.4, 0.5) is 11.4 Å². The number of rotatable bonds is 8. The maximum Gasteiger partial charge on any atom is 0.257 e. The van der Waals surface area contributed by atoms with Crippen molar-refractivity contribution in [3.05, 3.63) is 48.3 Å². The minimum Gasteiger partial charge on any atom is -0.495 e. The van der Waals surface area contributed by atoms with E-state index in [1.165, 1.54) is 0 Å². The van der Waals surface area contributed by atoms with Crippen molar-refractivity contribution < 1.29 is 9.53 Å². The molecule has 0 atom stereocenters. The molecule has 2 rings (SSSR count). The van der Waals surface area contributed by atoms with Gasteiger partial charge < -0.3 is 20.3 Å². The van der Waals surface area contributed by atoms with E-state index < -0.39 is 0 Å². The molecule has 128 valence electrons. The van der Waals surface area contributed by atoms with Crippen molar-refractivity contribution in [2.75, 3.05) is 44.9 Å². The number of nitrogens with one attached hydrogen (secondary N) is 2. The van der Waals surface area contributed by atoms with Crippen LogP contribution in [0.2, 0.25) is 0 Å². The normalized spacial score (nSPS) is 10.5. The van der Waals surface area contributed by atoms with Crippen LogP contribution in [0.3, 0.4) is 0 Å². The fourth-order valence-electron chi connectivity index (χ4n) is 2.23. The monoisotopic (exact) mass is 328 g/mol. The van der Waals surface area contributed by atoms with Crippen molar-refractivity contribution in [2.24, 2.45) is 0 Å². The quantitative estimate of drug-likeness (QED) is 0.729. The lowest BCUT2D eigenvalue weighted by Gasteiger charge is -2.12. The lowest BCUT2D eigenvalue weighted by atomic mass is 10.2. The van der Waals surface area contributed by atoms with Crippen LogP contribution in [-0.4, -0.2) is 50.1 Å². The molecular formula is C18H24N4O2. The Morgan fingerprint density at radius 2 is 2.04 bits per heavy atom. The van der Waals surface area contributed by atoms with Gasteiger partial charge in [0.25, 0.3) is 5.91 Å². The number of nitrogens with zero attached hydrogens (tertiary/aromatic N) is 2. The van der Waals surface area contributed by atoms with E-state index >= 15 is 0 Å². The fraction of sp³-hybridized carbons (Fsp3) is 0.333. The number of ether oxygens (including phenoxy) is 1. The molecule has 1 aromatic heterocycles. The highest BCUT2D eigenvalue weighted by Crippen LogP contribution is 2.23. The molecule has 0 bridgehead atoms. The number of pyridine rings is 1. The number of carbonyl (C=O) groups is 1. The minimum atomic E-state index is -0.219. The predicted octanol–water partition coefficient (Wildman–Crippen LogP) is 2.71. The third kappa shape index (κ3) is 5.24. The van der Waals surface area contributed by atoms with Gasteiger partial charge in [-0.2, -0.15) is 0 Å². The van der Waals surface area contributed by atoms with Crippen LogP contribution in [0.5, 0.6) is 5.75 Å². The van der Waals surface area contributed by atoms with Crippen molar-refractivity contribution in [3.63, 3.8) is 0 Å². The second kappa shape index (κ2) is 8.88. The molecule has 0 saturated heterocycles. The first kappa shape index (κ1) is 17.7. The third-order valence-corrected chi connectivity index (χ3v) is 3.47. The molecule has 1 aromatic carbocycles. The SMILES string of the molecule is COc1ccccc1NC(=O)c1cncc(NCCCN(C)C)c1. The molecule has 0 unspecified atom stereocenters. The maximum absolute atomic E-state index is 12.4. The first-order valence-corrected chi connectivity index (χ1v) is 7.88. The van der Waals surface area contributed by atoms with Crippen molar-refractivity contribution in [1.29, 1.82) is 0 Å². The van der Waals surface area contributed by atoms with E-state index in [1.807, 2.05) is 26.2 Å². The van der Waals surface area contributed by atoms with Crippen LogP contribution in [-0.2, 0) is 0 Å². The Hall–Kier alpha value is -2.60. The van der Waals surface area contributed by atoms with Gasteiger partial charge in [-0.25, -0.2) is 0 Å². The summed E-state index contributed by atoms with van der Waals surface area (Å²) in [5, 5.41) is 6.14. The summed E-state index contributed by atoms with van der Waals surface area (Å²) in [7, 11) is 5.67. The number of benzene rings is 1. The molecule has 24 heavy (non-hydrogen) atoms. The highest BCUT2D eigenvalue weighted by atomic mass is 16.5. The summed E-state index contributed by atoms with van der Waals surface area (Å²) in [6.45, 7) is 1.84. The smallest absolute Gasteiger partial charge is 0.257 e. The number of hydrogen-bond acceptors (Lipinski definition) is 5. The van der Waals surface area contributed by atoms with E-state index in [9.17, 15) is 4.79 Å². The standard InChI is InChI=1S/C18H24N4O2/c1-22(2)10-6-9-20-15-11-14(12-19-13-15)18(23)21-16-7-4-5-8-17(16)24-3/h4-5,7-8,11-13,20H,6,9-10H2,1-3H3,(H,21,23). The van der Waals surface area contributed by atoms with Gasteiger partial charge >= 0.3 is 0 Å². The molecule has 6 nitrogen and oxygen atoms in total. The Kier molecular flexibility index (Phi) is 6.57. The van der Waals surface area contributed by atoms with Crippen molar-refractivity contribution in [1.82, 2.24) is 9.88 Å². The van der Waals surface area contributed by atoms with E-state index in [-0.39, 0.29) is 5.91 Å². The van der Waals surface area contributed by atoms with Crippen molar-refractivity contribution in [3.8, 4) is 5.75 Å². The zero-order chi connectivity index (χ0) is 17.4. The molecule has 2 N–H and O–H groups in total. The van der Waals surface area contributed by atoms with Crippen LogP contribution < -0.4 is 15.4 Å². The average molecular weight is 328 g/mol.